The SMILES string of the molecule is CCCCCCOc1ccc([C@H]2CC[C@H](CC=CF)CC2)cc1. The Labute approximate surface area is 140 Å². The fraction of sp³-hybridized carbons (Fsp3) is 0.619. The molecule has 0 unspecified atom stereocenters. The van der Waals surface area contributed by atoms with Crippen LogP contribution < -0.4 is 4.74 Å². The first-order valence-electron chi connectivity index (χ1n) is 9.31. The third kappa shape index (κ3) is 6.37. The molecule has 0 aromatic heterocycles. The van der Waals surface area contributed by atoms with Gasteiger partial charge in [-0.25, -0.2) is 4.39 Å². The van der Waals surface area contributed by atoms with Gasteiger partial charge in [0.1, 0.15) is 5.75 Å². The summed E-state index contributed by atoms with van der Waals surface area (Å²) in [6.45, 7) is 3.05. The highest BCUT2D eigenvalue weighted by atomic mass is 19.1. The van der Waals surface area contributed by atoms with Crippen molar-refractivity contribution in [1.29, 1.82) is 0 Å². The fourth-order valence-corrected chi connectivity index (χ4v) is 3.53. The Kier molecular flexibility index (Phi) is 8.20. The molecule has 1 fully saturated rings. The summed E-state index contributed by atoms with van der Waals surface area (Å²) < 4.78 is 17.9. The summed E-state index contributed by atoms with van der Waals surface area (Å²) in [5, 5.41) is 0. The molecule has 0 heterocycles. The third-order valence-corrected chi connectivity index (χ3v) is 5.02. The molecule has 1 saturated carbocycles. The molecule has 23 heavy (non-hydrogen) atoms. The molecular formula is C21H31FO. The first-order valence-corrected chi connectivity index (χ1v) is 9.31. The van der Waals surface area contributed by atoms with E-state index in [1.54, 1.807) is 6.08 Å². The van der Waals surface area contributed by atoms with Gasteiger partial charge in [-0.15, -0.1) is 0 Å². The first kappa shape index (κ1) is 18.0. The van der Waals surface area contributed by atoms with Crippen LogP contribution in [0.25, 0.3) is 0 Å². The first-order chi connectivity index (χ1) is 11.3. The smallest absolute Gasteiger partial charge is 0.119 e. The van der Waals surface area contributed by atoms with E-state index in [2.05, 4.69) is 31.2 Å². The number of hydrogen-bond acceptors (Lipinski definition) is 1. The highest BCUT2D eigenvalue weighted by Crippen LogP contribution is 2.37. The van der Waals surface area contributed by atoms with Crippen LogP contribution in [0.1, 0.15) is 76.2 Å². The summed E-state index contributed by atoms with van der Waals surface area (Å²) in [5.74, 6) is 2.33. The van der Waals surface area contributed by atoms with E-state index >= 15 is 0 Å². The molecule has 0 spiro atoms. The van der Waals surface area contributed by atoms with E-state index in [4.69, 9.17) is 4.74 Å². The summed E-state index contributed by atoms with van der Waals surface area (Å²) in [5.41, 5.74) is 1.43. The molecule has 128 valence electrons. The van der Waals surface area contributed by atoms with Crippen molar-refractivity contribution >= 4 is 0 Å². The van der Waals surface area contributed by atoms with Crippen LogP contribution in [0.2, 0.25) is 0 Å². The standard InChI is InChI=1S/C21H31FO/c1-2-3-4-5-17-23-21-14-12-20(13-15-21)19-10-8-18(9-11-19)7-6-16-22/h6,12-16,18-19H,2-5,7-11,17H2,1H3/t18-,19-. The minimum atomic E-state index is 0.666. The van der Waals surface area contributed by atoms with Crippen molar-refractivity contribution in [2.45, 2.75) is 70.6 Å². The maximum Gasteiger partial charge on any atom is 0.119 e. The molecule has 1 nitrogen and oxygen atoms in total. The lowest BCUT2D eigenvalue weighted by Gasteiger charge is -2.28. The third-order valence-electron chi connectivity index (χ3n) is 5.02. The summed E-state index contributed by atoms with van der Waals surface area (Å²) in [4.78, 5) is 0. The summed E-state index contributed by atoms with van der Waals surface area (Å²) in [6, 6.07) is 8.70. The van der Waals surface area contributed by atoms with E-state index in [-0.39, 0.29) is 0 Å². The maximum atomic E-state index is 12.1. The lowest BCUT2D eigenvalue weighted by atomic mass is 9.77. The Morgan fingerprint density at radius 2 is 1.78 bits per heavy atom. The monoisotopic (exact) mass is 318 g/mol. The number of allylic oxidation sites excluding steroid dienone is 1. The molecule has 1 aromatic carbocycles. The van der Waals surface area contributed by atoms with E-state index in [0.717, 1.165) is 25.2 Å². The van der Waals surface area contributed by atoms with Crippen molar-refractivity contribution in [2.75, 3.05) is 6.61 Å². The second kappa shape index (κ2) is 10.5. The van der Waals surface area contributed by atoms with E-state index < -0.39 is 0 Å². The molecule has 1 aromatic rings. The van der Waals surface area contributed by atoms with Gasteiger partial charge in [-0.3, -0.25) is 0 Å². The molecule has 0 atom stereocenters. The summed E-state index contributed by atoms with van der Waals surface area (Å²) >= 11 is 0. The number of unbranched alkanes of at least 4 members (excludes halogenated alkanes) is 3. The van der Waals surface area contributed by atoms with Crippen LogP contribution in [0.15, 0.2) is 36.7 Å². The highest BCUT2D eigenvalue weighted by molar-refractivity contribution is 5.29. The fourth-order valence-electron chi connectivity index (χ4n) is 3.53. The van der Waals surface area contributed by atoms with Crippen molar-refractivity contribution < 1.29 is 9.13 Å². The minimum absolute atomic E-state index is 0.666. The lowest BCUT2D eigenvalue weighted by molar-refractivity contribution is 0.304. The maximum absolute atomic E-state index is 12.1. The molecule has 1 aliphatic rings. The van der Waals surface area contributed by atoms with Crippen LogP contribution in [0, 0.1) is 5.92 Å². The molecule has 0 bridgehead atoms. The lowest BCUT2D eigenvalue weighted by Crippen LogP contribution is -2.12. The topological polar surface area (TPSA) is 9.23 Å². The molecule has 0 N–H and O–H groups in total. The van der Waals surface area contributed by atoms with Gasteiger partial charge in [-0.2, -0.15) is 0 Å². The normalized spacial score (nSPS) is 21.7. The van der Waals surface area contributed by atoms with Gasteiger partial charge in [0.15, 0.2) is 0 Å². The van der Waals surface area contributed by atoms with Gasteiger partial charge >= 0.3 is 0 Å². The Hall–Kier alpha value is -1.31. The highest BCUT2D eigenvalue weighted by Gasteiger charge is 2.21. The number of benzene rings is 1. The van der Waals surface area contributed by atoms with E-state index in [1.807, 2.05) is 0 Å². The van der Waals surface area contributed by atoms with Crippen LogP contribution >= 0.6 is 0 Å². The van der Waals surface area contributed by atoms with Crippen LogP contribution in [0.3, 0.4) is 0 Å². The van der Waals surface area contributed by atoms with Gasteiger partial charge in [0, 0.05) is 0 Å². The van der Waals surface area contributed by atoms with Gasteiger partial charge in [0.25, 0.3) is 0 Å². The summed E-state index contributed by atoms with van der Waals surface area (Å²) in [7, 11) is 0. The quantitative estimate of drug-likeness (QED) is 0.455. The zero-order valence-electron chi connectivity index (χ0n) is 14.5. The average Bonchev–Trinajstić information content (AvgIpc) is 2.61. The van der Waals surface area contributed by atoms with Gasteiger partial charge in [-0.1, -0.05) is 44.4 Å². The van der Waals surface area contributed by atoms with Crippen molar-refractivity contribution in [2.24, 2.45) is 5.92 Å². The number of hydrogen-bond donors (Lipinski definition) is 0. The van der Waals surface area contributed by atoms with Gasteiger partial charge in [0.2, 0.25) is 0 Å². The molecule has 2 heteroatoms. The molecule has 1 aliphatic carbocycles. The zero-order valence-corrected chi connectivity index (χ0v) is 14.5. The molecular weight excluding hydrogens is 287 g/mol. The minimum Gasteiger partial charge on any atom is -0.494 e. The Balaban J connectivity index is 1.72. The second-order valence-corrected chi connectivity index (χ2v) is 6.79. The second-order valence-electron chi connectivity index (χ2n) is 6.79. The number of halogens is 1. The molecule has 0 aliphatic heterocycles. The van der Waals surface area contributed by atoms with Crippen molar-refractivity contribution in [3.05, 3.63) is 42.2 Å². The summed E-state index contributed by atoms with van der Waals surface area (Å²) in [6.07, 6.45) is 13.1. The van der Waals surface area contributed by atoms with Crippen LogP contribution in [-0.2, 0) is 0 Å². The predicted molar refractivity (Wildman–Crippen MR) is 95.6 cm³/mol. The number of ether oxygens (including phenoxy) is 1. The van der Waals surface area contributed by atoms with Crippen LogP contribution in [0.4, 0.5) is 4.39 Å². The Bertz CT molecular complexity index is 443. The van der Waals surface area contributed by atoms with Crippen LogP contribution in [0.5, 0.6) is 5.75 Å². The predicted octanol–water partition coefficient (Wildman–Crippen LogP) is 6.79. The largest absolute Gasteiger partial charge is 0.494 e. The van der Waals surface area contributed by atoms with Crippen molar-refractivity contribution in [3.8, 4) is 5.75 Å². The van der Waals surface area contributed by atoms with Crippen molar-refractivity contribution in [3.63, 3.8) is 0 Å². The van der Waals surface area contributed by atoms with Gasteiger partial charge in [0.05, 0.1) is 12.9 Å². The van der Waals surface area contributed by atoms with E-state index in [0.29, 0.717) is 18.2 Å². The van der Waals surface area contributed by atoms with E-state index in [9.17, 15) is 4.39 Å². The molecule has 0 saturated heterocycles. The molecule has 0 amide bonds. The Morgan fingerprint density at radius 3 is 2.43 bits per heavy atom. The average molecular weight is 318 g/mol. The van der Waals surface area contributed by atoms with Crippen molar-refractivity contribution in [1.82, 2.24) is 0 Å². The van der Waals surface area contributed by atoms with E-state index in [1.165, 1.54) is 50.5 Å². The van der Waals surface area contributed by atoms with Gasteiger partial charge < -0.3 is 4.74 Å². The molecule has 0 radical (unpaired) electrons. The zero-order chi connectivity index (χ0) is 16.3. The van der Waals surface area contributed by atoms with Gasteiger partial charge in [-0.05, 0) is 68.1 Å². The van der Waals surface area contributed by atoms with Crippen LogP contribution in [-0.4, -0.2) is 6.61 Å². The molecule has 2 rings (SSSR count). The Morgan fingerprint density at radius 1 is 1.04 bits per heavy atom. The number of rotatable bonds is 9.